The molecule has 1 heterocycles. The van der Waals surface area contributed by atoms with E-state index >= 15 is 0 Å². The van der Waals surface area contributed by atoms with Crippen molar-refractivity contribution in [2.45, 2.75) is 0 Å². The number of rotatable bonds is 6. The number of hydrogen-bond donors (Lipinski definition) is 1. The van der Waals surface area contributed by atoms with Gasteiger partial charge in [-0.2, -0.15) is 0 Å². The zero-order valence-corrected chi connectivity index (χ0v) is 17.7. The van der Waals surface area contributed by atoms with E-state index in [0.29, 0.717) is 22.6 Å². The molecule has 0 atom stereocenters. The second kappa shape index (κ2) is 9.61. The predicted octanol–water partition coefficient (Wildman–Crippen LogP) is 3.64. The van der Waals surface area contributed by atoms with Crippen LogP contribution in [0.1, 0.15) is 11.1 Å². The Bertz CT molecular complexity index is 981. The molecule has 31 heavy (non-hydrogen) atoms. The summed E-state index contributed by atoms with van der Waals surface area (Å²) in [4.78, 5) is 13.0. The molecule has 0 aromatic heterocycles. The third kappa shape index (κ3) is 4.69. The van der Waals surface area contributed by atoms with Gasteiger partial charge in [-0.15, -0.1) is 0 Å². The second-order valence-corrected chi connectivity index (χ2v) is 6.73. The van der Waals surface area contributed by atoms with E-state index in [1.807, 2.05) is 0 Å². The summed E-state index contributed by atoms with van der Waals surface area (Å²) in [5.41, 5.74) is 1.04. The van der Waals surface area contributed by atoms with E-state index in [9.17, 15) is 13.6 Å². The molecule has 3 rings (SSSR count). The van der Waals surface area contributed by atoms with Crippen molar-refractivity contribution < 1.29 is 32.5 Å². The number of ether oxygens (including phenoxy) is 4. The number of halogens is 2. The van der Waals surface area contributed by atoms with Gasteiger partial charge in [0.25, 0.3) is 0 Å². The van der Waals surface area contributed by atoms with Gasteiger partial charge in [0, 0.05) is 47.5 Å². The zero-order valence-electron chi connectivity index (χ0n) is 17.7. The molecule has 1 N–H and O–H groups in total. The first-order chi connectivity index (χ1) is 14.9. The third-order valence-electron chi connectivity index (χ3n) is 4.88. The number of Topliss-reactive ketones (excluding diaryl/α,β-unsaturated/α-hetero) is 1. The zero-order chi connectivity index (χ0) is 22.5. The molecule has 0 radical (unpaired) electrons. The highest BCUT2D eigenvalue weighted by Crippen LogP contribution is 2.33. The van der Waals surface area contributed by atoms with Gasteiger partial charge in [0.15, 0.2) is 28.8 Å². The first-order valence-electron chi connectivity index (χ1n) is 9.41. The summed E-state index contributed by atoms with van der Waals surface area (Å²) >= 11 is 0. The minimum atomic E-state index is -0.556. The highest BCUT2D eigenvalue weighted by atomic mass is 19.1. The molecule has 2 aromatic rings. The van der Waals surface area contributed by atoms with Gasteiger partial charge in [0.1, 0.15) is 11.6 Å². The largest absolute Gasteiger partial charge is 0.493 e. The number of hydrogen-bond acceptors (Lipinski definition) is 6. The van der Waals surface area contributed by atoms with E-state index in [4.69, 9.17) is 18.9 Å². The highest BCUT2D eigenvalue weighted by Gasteiger charge is 2.22. The summed E-state index contributed by atoms with van der Waals surface area (Å²) in [5, 5.41) is 3.08. The Morgan fingerprint density at radius 3 is 1.42 bits per heavy atom. The van der Waals surface area contributed by atoms with Gasteiger partial charge >= 0.3 is 0 Å². The van der Waals surface area contributed by atoms with Crippen molar-refractivity contribution in [2.75, 3.05) is 41.5 Å². The molecule has 0 unspecified atom stereocenters. The van der Waals surface area contributed by atoms with Crippen LogP contribution in [0.3, 0.4) is 0 Å². The fourth-order valence-electron chi connectivity index (χ4n) is 3.27. The quantitative estimate of drug-likeness (QED) is 0.705. The number of carbonyl (C=O) groups excluding carboxylic acids is 1. The summed E-state index contributed by atoms with van der Waals surface area (Å²) in [6, 6.07) is 5.31. The van der Waals surface area contributed by atoms with Crippen molar-refractivity contribution in [1.29, 1.82) is 0 Å². The fourth-order valence-corrected chi connectivity index (χ4v) is 3.27. The van der Waals surface area contributed by atoms with Crippen molar-refractivity contribution in [3.05, 3.63) is 58.2 Å². The predicted molar refractivity (Wildman–Crippen MR) is 113 cm³/mol. The number of carbonyl (C=O) groups is 1. The van der Waals surface area contributed by atoms with Crippen LogP contribution in [0.4, 0.5) is 8.78 Å². The van der Waals surface area contributed by atoms with E-state index in [1.54, 1.807) is 0 Å². The molecule has 0 spiro atoms. The molecule has 1 aliphatic rings. The average molecular weight is 431 g/mol. The number of methoxy groups -OCH3 is 4. The van der Waals surface area contributed by atoms with Crippen LogP contribution in [0.25, 0.3) is 12.2 Å². The number of ketones is 1. The lowest BCUT2D eigenvalue weighted by Gasteiger charge is -2.19. The average Bonchev–Trinajstić information content (AvgIpc) is 2.78. The first-order valence-corrected chi connectivity index (χ1v) is 9.41. The molecular weight excluding hydrogens is 408 g/mol. The minimum Gasteiger partial charge on any atom is -0.493 e. The van der Waals surface area contributed by atoms with Crippen LogP contribution < -0.4 is 24.3 Å². The van der Waals surface area contributed by atoms with Crippen LogP contribution in [0.15, 0.2) is 35.4 Å². The third-order valence-corrected chi connectivity index (χ3v) is 4.88. The van der Waals surface area contributed by atoms with Crippen LogP contribution in [0.2, 0.25) is 0 Å². The molecule has 8 heteroatoms. The van der Waals surface area contributed by atoms with E-state index < -0.39 is 11.6 Å². The summed E-state index contributed by atoms with van der Waals surface area (Å²) in [6.07, 6.45) is 2.90. The summed E-state index contributed by atoms with van der Waals surface area (Å²) in [6.45, 7) is 0.497. The molecule has 164 valence electrons. The molecule has 0 bridgehead atoms. The van der Waals surface area contributed by atoms with Gasteiger partial charge in [0.2, 0.25) is 0 Å². The van der Waals surface area contributed by atoms with Crippen molar-refractivity contribution in [1.82, 2.24) is 5.32 Å². The monoisotopic (exact) mass is 431 g/mol. The lowest BCUT2D eigenvalue weighted by Crippen LogP contribution is -2.32. The SMILES string of the molecule is COc1cc(F)c(/C=C2\CNC/C(=C\c3cc(OC)c(OC)cc3F)C2=O)cc1OC. The Balaban J connectivity index is 1.97. The van der Waals surface area contributed by atoms with Gasteiger partial charge in [-0.3, -0.25) is 4.79 Å². The Morgan fingerprint density at radius 2 is 1.06 bits per heavy atom. The topological polar surface area (TPSA) is 66.0 Å². The van der Waals surface area contributed by atoms with E-state index in [2.05, 4.69) is 5.32 Å². The van der Waals surface area contributed by atoms with E-state index in [-0.39, 0.29) is 41.5 Å². The maximum absolute atomic E-state index is 14.5. The highest BCUT2D eigenvalue weighted by molar-refractivity contribution is 6.14. The van der Waals surface area contributed by atoms with Crippen LogP contribution in [-0.4, -0.2) is 47.3 Å². The van der Waals surface area contributed by atoms with Crippen molar-refractivity contribution in [3.8, 4) is 23.0 Å². The molecule has 1 aliphatic heterocycles. The summed E-state index contributed by atoms with van der Waals surface area (Å²) in [7, 11) is 5.71. The Hall–Kier alpha value is -3.39. The molecular formula is C23H23F2NO5. The van der Waals surface area contributed by atoms with Gasteiger partial charge in [-0.05, 0) is 24.3 Å². The standard InChI is InChI=1S/C23H23F2NO5/c1-28-19-7-13(17(24)9-21(19)30-3)5-15-11-26-12-16(23(15)27)6-14-8-20(29-2)22(31-4)10-18(14)25/h5-10,26H,11-12H2,1-4H3/b15-5+,16-6+. The Kier molecular flexibility index (Phi) is 6.91. The Labute approximate surface area is 179 Å². The maximum Gasteiger partial charge on any atom is 0.187 e. The fraction of sp³-hybridized carbons (Fsp3) is 0.261. The van der Waals surface area contributed by atoms with Crippen molar-refractivity contribution in [2.24, 2.45) is 0 Å². The van der Waals surface area contributed by atoms with Gasteiger partial charge < -0.3 is 24.3 Å². The normalized spacial score (nSPS) is 16.5. The van der Waals surface area contributed by atoms with E-state index in [1.165, 1.54) is 64.9 Å². The Morgan fingerprint density at radius 1 is 0.710 bits per heavy atom. The van der Waals surface area contributed by atoms with E-state index in [0.717, 1.165) is 0 Å². The second-order valence-electron chi connectivity index (χ2n) is 6.73. The molecule has 1 fully saturated rings. The first kappa shape index (κ1) is 22.3. The lowest BCUT2D eigenvalue weighted by molar-refractivity contribution is -0.112. The molecule has 2 aromatic carbocycles. The van der Waals surface area contributed by atoms with Crippen LogP contribution >= 0.6 is 0 Å². The number of benzene rings is 2. The minimum absolute atomic E-state index is 0.182. The van der Waals surface area contributed by atoms with Crippen molar-refractivity contribution in [3.63, 3.8) is 0 Å². The molecule has 6 nitrogen and oxygen atoms in total. The number of nitrogens with one attached hydrogen (secondary N) is 1. The number of piperidine rings is 1. The van der Waals surface area contributed by atoms with Crippen molar-refractivity contribution >= 4 is 17.9 Å². The smallest absolute Gasteiger partial charge is 0.187 e. The maximum atomic E-state index is 14.5. The van der Waals surface area contributed by atoms with Gasteiger partial charge in [0.05, 0.1) is 28.4 Å². The van der Waals surface area contributed by atoms with Gasteiger partial charge in [-0.1, -0.05) is 0 Å². The summed E-state index contributed by atoms with van der Waals surface area (Å²) in [5.74, 6) is -0.230. The molecule has 1 saturated heterocycles. The van der Waals surface area contributed by atoms with Crippen LogP contribution in [0, 0.1) is 11.6 Å². The molecule has 0 saturated carbocycles. The van der Waals surface area contributed by atoms with Crippen LogP contribution in [0.5, 0.6) is 23.0 Å². The van der Waals surface area contributed by atoms with Crippen LogP contribution in [-0.2, 0) is 4.79 Å². The van der Waals surface area contributed by atoms with Gasteiger partial charge in [-0.25, -0.2) is 8.78 Å². The lowest BCUT2D eigenvalue weighted by atomic mass is 9.95. The molecule has 0 aliphatic carbocycles. The molecule has 0 amide bonds. The summed E-state index contributed by atoms with van der Waals surface area (Å²) < 4.78 is 49.6.